The molecule has 5 rings (SSSR count). The molecule has 3 aromatic carbocycles. The Balaban J connectivity index is 1.38. The van der Waals surface area contributed by atoms with E-state index in [0.717, 1.165) is 18.5 Å². The molecule has 1 fully saturated rings. The predicted octanol–water partition coefficient (Wildman–Crippen LogP) is 6.35. The summed E-state index contributed by atoms with van der Waals surface area (Å²) >= 11 is 0. The van der Waals surface area contributed by atoms with E-state index in [1.165, 1.54) is 36.0 Å². The lowest BCUT2D eigenvalue weighted by molar-refractivity contribution is 0.0951. The van der Waals surface area contributed by atoms with E-state index in [2.05, 4.69) is 59.5 Å². The fourth-order valence-corrected chi connectivity index (χ4v) is 5.04. The molecule has 1 saturated heterocycles. The molecule has 0 aliphatic carbocycles. The summed E-state index contributed by atoms with van der Waals surface area (Å²) in [5.74, 6) is 0.673. The van der Waals surface area contributed by atoms with Crippen molar-refractivity contribution in [1.29, 1.82) is 5.26 Å². The third-order valence-electron chi connectivity index (χ3n) is 6.70. The van der Waals surface area contributed by atoms with Crippen LogP contribution in [0.1, 0.15) is 47.9 Å². The Morgan fingerprint density at radius 1 is 0.906 bits per heavy atom. The Morgan fingerprint density at radius 3 is 2.38 bits per heavy atom. The molecule has 2 aliphatic rings. The van der Waals surface area contributed by atoms with Gasteiger partial charge in [-0.25, -0.2) is 0 Å². The molecule has 2 atom stereocenters. The van der Waals surface area contributed by atoms with Gasteiger partial charge < -0.3 is 4.74 Å². The second kappa shape index (κ2) is 9.42. The largest absolute Gasteiger partial charge is 0.488 e. The highest BCUT2D eigenvalue weighted by Gasteiger charge is 2.34. The lowest BCUT2D eigenvalue weighted by Crippen LogP contribution is -2.47. The molecule has 3 heteroatoms. The molecule has 2 aliphatic heterocycles. The molecule has 0 amide bonds. The number of nitrogens with zero attached hydrogens (tertiary/aromatic N) is 2. The van der Waals surface area contributed by atoms with Gasteiger partial charge in [-0.15, -0.1) is 0 Å². The van der Waals surface area contributed by atoms with Gasteiger partial charge in [0.25, 0.3) is 0 Å². The molecule has 2 unspecified atom stereocenters. The van der Waals surface area contributed by atoms with Crippen LogP contribution in [-0.2, 0) is 13.2 Å². The number of nitriles is 1. The lowest BCUT2D eigenvalue weighted by atomic mass is 9.82. The number of benzene rings is 3. The number of ether oxygens (including phenoxy) is 1. The van der Waals surface area contributed by atoms with Crippen LogP contribution in [0.4, 0.5) is 0 Å². The van der Waals surface area contributed by atoms with Crippen LogP contribution >= 0.6 is 0 Å². The van der Waals surface area contributed by atoms with Crippen LogP contribution in [-0.4, -0.2) is 17.0 Å². The van der Waals surface area contributed by atoms with Crippen LogP contribution in [0.2, 0.25) is 0 Å². The van der Waals surface area contributed by atoms with Gasteiger partial charge in [-0.05, 0) is 53.7 Å². The van der Waals surface area contributed by atoms with Gasteiger partial charge in [0, 0.05) is 18.6 Å². The van der Waals surface area contributed by atoms with E-state index in [1.807, 2.05) is 36.4 Å². The highest BCUT2D eigenvalue weighted by atomic mass is 16.5. The quantitative estimate of drug-likeness (QED) is 0.466. The molecule has 0 aromatic heterocycles. The van der Waals surface area contributed by atoms with Gasteiger partial charge in [0.2, 0.25) is 0 Å². The summed E-state index contributed by atoms with van der Waals surface area (Å²) in [6, 6.07) is 30.3. The molecule has 0 spiro atoms. The molecule has 2 heterocycles. The van der Waals surface area contributed by atoms with Gasteiger partial charge in [-0.1, -0.05) is 79.2 Å². The van der Waals surface area contributed by atoms with E-state index >= 15 is 0 Å². The van der Waals surface area contributed by atoms with Crippen LogP contribution < -0.4 is 4.74 Å². The Bertz CT molecular complexity index is 1130. The third-order valence-corrected chi connectivity index (χ3v) is 6.70. The van der Waals surface area contributed by atoms with Crippen LogP contribution in [0.25, 0.3) is 5.57 Å². The number of hydrogen-bond donors (Lipinski definition) is 0. The predicted molar refractivity (Wildman–Crippen MR) is 128 cm³/mol. The monoisotopic (exact) mass is 420 g/mol. The van der Waals surface area contributed by atoms with Gasteiger partial charge in [-0.3, -0.25) is 4.90 Å². The molecule has 0 N–H and O–H groups in total. The Hall–Kier alpha value is -3.35. The van der Waals surface area contributed by atoms with Crippen molar-refractivity contribution < 1.29 is 4.74 Å². The van der Waals surface area contributed by atoms with Crippen molar-refractivity contribution in [3.8, 4) is 11.8 Å². The normalized spacial score (nSPS) is 20.3. The van der Waals surface area contributed by atoms with E-state index < -0.39 is 0 Å². The summed E-state index contributed by atoms with van der Waals surface area (Å²) in [5.41, 5.74) is 5.65. The SMILES string of the molecule is N#Cc1ccc(C2=CC3CCCC(C2)N3Cc2ccccc2)cc1OCc1ccccc1. The van der Waals surface area contributed by atoms with Gasteiger partial charge in [0.05, 0.1) is 5.56 Å². The minimum Gasteiger partial charge on any atom is -0.488 e. The average molecular weight is 421 g/mol. The molecule has 0 saturated carbocycles. The number of fused-ring (bicyclic) bond motifs is 2. The smallest absolute Gasteiger partial charge is 0.138 e. The molecule has 3 nitrogen and oxygen atoms in total. The van der Waals surface area contributed by atoms with Crippen molar-refractivity contribution >= 4 is 5.57 Å². The zero-order valence-corrected chi connectivity index (χ0v) is 18.3. The first-order valence-electron chi connectivity index (χ1n) is 11.5. The van der Waals surface area contributed by atoms with Gasteiger partial charge in [0.15, 0.2) is 0 Å². The Kier molecular flexibility index (Phi) is 6.05. The average Bonchev–Trinajstić information content (AvgIpc) is 2.84. The van der Waals surface area contributed by atoms with Crippen LogP contribution in [0.3, 0.4) is 0 Å². The molecule has 0 radical (unpaired) electrons. The third kappa shape index (κ3) is 4.47. The summed E-state index contributed by atoms with van der Waals surface area (Å²) in [7, 11) is 0. The van der Waals surface area contributed by atoms with Crippen LogP contribution in [0.5, 0.6) is 5.75 Å². The van der Waals surface area contributed by atoms with Crippen LogP contribution in [0.15, 0.2) is 84.9 Å². The number of rotatable bonds is 6. The zero-order valence-electron chi connectivity index (χ0n) is 18.3. The first kappa shape index (κ1) is 20.5. The fraction of sp³-hybridized carbons (Fsp3) is 0.276. The maximum absolute atomic E-state index is 9.57. The van der Waals surface area contributed by atoms with Crippen molar-refractivity contribution in [2.75, 3.05) is 0 Å². The molecule has 160 valence electrons. The van der Waals surface area contributed by atoms with E-state index in [0.29, 0.717) is 30.0 Å². The highest BCUT2D eigenvalue weighted by molar-refractivity contribution is 5.70. The van der Waals surface area contributed by atoms with Crippen LogP contribution in [0, 0.1) is 11.3 Å². The van der Waals surface area contributed by atoms with E-state index in [1.54, 1.807) is 0 Å². The standard InChI is InChI=1S/C29H28N2O/c30-19-25-15-14-24(18-29(25)32-21-23-10-5-2-6-11-23)26-16-27-12-7-13-28(17-26)31(27)20-22-8-3-1-4-9-22/h1-6,8-11,14-16,18,27-28H,7,12-13,17,20-21H2. The minimum atomic E-state index is 0.466. The van der Waals surface area contributed by atoms with Crippen molar-refractivity contribution in [2.45, 2.75) is 50.9 Å². The molecular weight excluding hydrogens is 392 g/mol. The second-order valence-electron chi connectivity index (χ2n) is 8.80. The van der Waals surface area contributed by atoms with Crippen molar-refractivity contribution in [3.63, 3.8) is 0 Å². The number of piperidine rings is 1. The lowest BCUT2D eigenvalue weighted by Gasteiger charge is -2.45. The molecule has 2 bridgehead atoms. The van der Waals surface area contributed by atoms with Gasteiger partial charge in [-0.2, -0.15) is 5.26 Å². The van der Waals surface area contributed by atoms with Gasteiger partial charge >= 0.3 is 0 Å². The maximum Gasteiger partial charge on any atom is 0.138 e. The number of hydrogen-bond acceptors (Lipinski definition) is 3. The first-order valence-corrected chi connectivity index (χ1v) is 11.5. The summed E-state index contributed by atoms with van der Waals surface area (Å²) in [6.45, 7) is 1.48. The van der Waals surface area contributed by atoms with Crippen molar-refractivity contribution in [2.24, 2.45) is 0 Å². The second-order valence-corrected chi connectivity index (χ2v) is 8.80. The fourth-order valence-electron chi connectivity index (χ4n) is 5.04. The highest BCUT2D eigenvalue weighted by Crippen LogP contribution is 2.39. The Labute approximate surface area is 190 Å². The van der Waals surface area contributed by atoms with E-state index in [-0.39, 0.29) is 0 Å². The van der Waals surface area contributed by atoms with Gasteiger partial charge in [0.1, 0.15) is 18.4 Å². The molecular formula is C29H28N2O. The first-order chi connectivity index (χ1) is 15.8. The maximum atomic E-state index is 9.57. The van der Waals surface area contributed by atoms with Crippen molar-refractivity contribution in [1.82, 2.24) is 4.90 Å². The summed E-state index contributed by atoms with van der Waals surface area (Å²) in [5, 5.41) is 9.57. The van der Waals surface area contributed by atoms with E-state index in [4.69, 9.17) is 4.74 Å². The Morgan fingerprint density at radius 2 is 1.66 bits per heavy atom. The van der Waals surface area contributed by atoms with E-state index in [9.17, 15) is 5.26 Å². The minimum absolute atomic E-state index is 0.466. The summed E-state index contributed by atoms with van der Waals surface area (Å²) in [4.78, 5) is 2.68. The topological polar surface area (TPSA) is 36.3 Å². The van der Waals surface area contributed by atoms with Crippen molar-refractivity contribution in [3.05, 3.63) is 107 Å². The molecule has 3 aromatic rings. The summed E-state index contributed by atoms with van der Waals surface area (Å²) in [6.07, 6.45) is 7.26. The zero-order chi connectivity index (χ0) is 21.8. The molecule has 32 heavy (non-hydrogen) atoms. The summed E-state index contributed by atoms with van der Waals surface area (Å²) < 4.78 is 6.08.